The molecule has 2 aromatic carbocycles. The highest BCUT2D eigenvalue weighted by Crippen LogP contribution is 2.33. The molecular formula is C16H15BrF2O2. The highest BCUT2D eigenvalue weighted by molar-refractivity contribution is 9.08. The van der Waals surface area contributed by atoms with Crippen molar-refractivity contribution in [1.29, 1.82) is 0 Å². The van der Waals surface area contributed by atoms with Gasteiger partial charge in [0.25, 0.3) is 0 Å². The Morgan fingerprint density at radius 1 is 1.05 bits per heavy atom. The molecular weight excluding hydrogens is 342 g/mol. The van der Waals surface area contributed by atoms with E-state index < -0.39 is 11.6 Å². The van der Waals surface area contributed by atoms with Crippen molar-refractivity contribution in [3.63, 3.8) is 0 Å². The quantitative estimate of drug-likeness (QED) is 0.689. The first-order valence-electron chi connectivity index (χ1n) is 6.53. The van der Waals surface area contributed by atoms with Gasteiger partial charge in [-0.1, -0.05) is 28.1 Å². The number of halogens is 3. The molecule has 2 rings (SSSR count). The zero-order chi connectivity index (χ0) is 15.2. The summed E-state index contributed by atoms with van der Waals surface area (Å²) in [5.74, 6) is 0.144. The molecule has 0 aromatic heterocycles. The lowest BCUT2D eigenvalue weighted by Crippen LogP contribution is -2.03. The topological polar surface area (TPSA) is 18.5 Å². The van der Waals surface area contributed by atoms with Gasteiger partial charge in [-0.3, -0.25) is 0 Å². The number of hydrogen-bond acceptors (Lipinski definition) is 2. The van der Waals surface area contributed by atoms with Gasteiger partial charge in [-0.25, -0.2) is 8.78 Å². The highest BCUT2D eigenvalue weighted by atomic mass is 79.9. The van der Waals surface area contributed by atoms with Crippen molar-refractivity contribution in [2.45, 2.75) is 18.9 Å². The lowest BCUT2D eigenvalue weighted by molar-refractivity contribution is 0.263. The summed E-state index contributed by atoms with van der Waals surface area (Å²) in [6, 6.07) is 8.83. The van der Waals surface area contributed by atoms with Crippen molar-refractivity contribution in [3.05, 3.63) is 59.2 Å². The molecule has 0 aliphatic heterocycles. The predicted octanol–water partition coefficient (Wildman–Crippen LogP) is 4.84. The van der Waals surface area contributed by atoms with Crippen LogP contribution in [0.15, 0.2) is 36.4 Å². The van der Waals surface area contributed by atoms with Gasteiger partial charge in [0.2, 0.25) is 0 Å². The fraction of sp³-hybridized carbons (Fsp3) is 0.250. The van der Waals surface area contributed by atoms with Gasteiger partial charge in [-0.15, -0.1) is 0 Å². The van der Waals surface area contributed by atoms with Crippen molar-refractivity contribution in [2.24, 2.45) is 0 Å². The third kappa shape index (κ3) is 3.94. The van der Waals surface area contributed by atoms with Crippen molar-refractivity contribution in [2.75, 3.05) is 6.61 Å². The molecule has 0 aliphatic rings. The Morgan fingerprint density at radius 3 is 2.57 bits per heavy atom. The van der Waals surface area contributed by atoms with Gasteiger partial charge in [-0.05, 0) is 31.2 Å². The second kappa shape index (κ2) is 7.41. The molecule has 0 unspecified atom stereocenters. The van der Waals surface area contributed by atoms with Gasteiger partial charge < -0.3 is 9.47 Å². The van der Waals surface area contributed by atoms with E-state index in [1.54, 1.807) is 6.07 Å². The number of alkyl halides is 1. The van der Waals surface area contributed by atoms with Crippen molar-refractivity contribution >= 4 is 15.9 Å². The van der Waals surface area contributed by atoms with Gasteiger partial charge in [0.15, 0.2) is 11.5 Å². The average Bonchev–Trinajstić information content (AvgIpc) is 2.49. The molecule has 0 aliphatic carbocycles. The summed E-state index contributed by atoms with van der Waals surface area (Å²) in [7, 11) is 0. The summed E-state index contributed by atoms with van der Waals surface area (Å²) >= 11 is 3.38. The molecule has 2 nitrogen and oxygen atoms in total. The minimum atomic E-state index is -0.495. The Hall–Kier alpha value is -1.62. The number of ether oxygens (including phenoxy) is 2. The van der Waals surface area contributed by atoms with Gasteiger partial charge >= 0.3 is 0 Å². The summed E-state index contributed by atoms with van der Waals surface area (Å²) in [6.45, 7) is 2.31. The second-order valence-electron chi connectivity index (χ2n) is 4.34. The van der Waals surface area contributed by atoms with E-state index in [1.807, 2.05) is 19.1 Å². The van der Waals surface area contributed by atoms with Gasteiger partial charge in [0.05, 0.1) is 6.61 Å². The fourth-order valence-corrected chi connectivity index (χ4v) is 2.34. The van der Waals surface area contributed by atoms with Gasteiger partial charge in [-0.2, -0.15) is 0 Å². The summed E-state index contributed by atoms with van der Waals surface area (Å²) in [5.41, 5.74) is 1.06. The first kappa shape index (κ1) is 15.8. The van der Waals surface area contributed by atoms with Crippen LogP contribution in [0.25, 0.3) is 0 Å². The number of benzene rings is 2. The molecule has 0 N–H and O–H groups in total. The summed E-state index contributed by atoms with van der Waals surface area (Å²) in [6.07, 6.45) is 0. The fourth-order valence-electron chi connectivity index (χ4n) is 1.90. The summed E-state index contributed by atoms with van der Waals surface area (Å²) in [5, 5.41) is 0.578. The minimum Gasteiger partial charge on any atom is -0.490 e. The van der Waals surface area contributed by atoms with Crippen LogP contribution in [0.1, 0.15) is 18.1 Å². The molecule has 5 heteroatoms. The maximum atomic E-state index is 13.6. The van der Waals surface area contributed by atoms with Crippen LogP contribution in [-0.4, -0.2) is 6.61 Å². The number of hydrogen-bond donors (Lipinski definition) is 0. The molecule has 0 atom stereocenters. The second-order valence-corrected chi connectivity index (χ2v) is 4.90. The zero-order valence-corrected chi connectivity index (χ0v) is 13.1. The smallest absolute Gasteiger partial charge is 0.165 e. The third-order valence-electron chi connectivity index (χ3n) is 2.88. The van der Waals surface area contributed by atoms with Gasteiger partial charge in [0, 0.05) is 16.5 Å². The van der Waals surface area contributed by atoms with Crippen molar-refractivity contribution < 1.29 is 18.3 Å². The van der Waals surface area contributed by atoms with E-state index in [0.717, 1.165) is 23.8 Å². The van der Waals surface area contributed by atoms with E-state index in [-0.39, 0.29) is 12.2 Å². The SMILES string of the molecule is CCOc1cccc(CBr)c1OCc1cc(F)ccc1F. The molecule has 0 saturated heterocycles. The van der Waals surface area contributed by atoms with Crippen LogP contribution in [0.3, 0.4) is 0 Å². The minimum absolute atomic E-state index is 0.0618. The van der Waals surface area contributed by atoms with E-state index in [9.17, 15) is 8.78 Å². The van der Waals surface area contributed by atoms with E-state index >= 15 is 0 Å². The van der Waals surface area contributed by atoms with Crippen molar-refractivity contribution in [3.8, 4) is 11.5 Å². The van der Waals surface area contributed by atoms with E-state index in [1.165, 1.54) is 0 Å². The van der Waals surface area contributed by atoms with Crippen LogP contribution in [0, 0.1) is 11.6 Å². The molecule has 0 saturated carbocycles. The first-order chi connectivity index (χ1) is 10.2. The molecule has 112 valence electrons. The maximum Gasteiger partial charge on any atom is 0.165 e. The van der Waals surface area contributed by atoms with Crippen LogP contribution < -0.4 is 9.47 Å². The van der Waals surface area contributed by atoms with E-state index in [4.69, 9.17) is 9.47 Å². The summed E-state index contributed by atoms with van der Waals surface area (Å²) in [4.78, 5) is 0. The van der Waals surface area contributed by atoms with E-state index in [2.05, 4.69) is 15.9 Å². The maximum absolute atomic E-state index is 13.6. The molecule has 0 fully saturated rings. The largest absolute Gasteiger partial charge is 0.490 e. The number of rotatable bonds is 6. The number of para-hydroxylation sites is 1. The van der Waals surface area contributed by atoms with Crippen LogP contribution in [0.4, 0.5) is 8.78 Å². The predicted molar refractivity (Wildman–Crippen MR) is 80.9 cm³/mol. The van der Waals surface area contributed by atoms with E-state index in [0.29, 0.717) is 23.4 Å². The Labute approximate surface area is 130 Å². The lowest BCUT2D eigenvalue weighted by Gasteiger charge is -2.15. The third-order valence-corrected chi connectivity index (χ3v) is 3.49. The highest BCUT2D eigenvalue weighted by Gasteiger charge is 2.12. The molecule has 0 spiro atoms. The van der Waals surface area contributed by atoms with Gasteiger partial charge in [0.1, 0.15) is 18.2 Å². The Morgan fingerprint density at radius 2 is 1.86 bits per heavy atom. The van der Waals surface area contributed by atoms with Crippen LogP contribution in [0.2, 0.25) is 0 Å². The normalized spacial score (nSPS) is 10.5. The lowest BCUT2D eigenvalue weighted by atomic mass is 10.2. The van der Waals surface area contributed by atoms with Crippen LogP contribution >= 0.6 is 15.9 Å². The molecule has 2 aromatic rings. The monoisotopic (exact) mass is 356 g/mol. The first-order valence-corrected chi connectivity index (χ1v) is 7.65. The Kier molecular flexibility index (Phi) is 5.56. The molecule has 0 radical (unpaired) electrons. The average molecular weight is 357 g/mol. The molecule has 21 heavy (non-hydrogen) atoms. The Bertz CT molecular complexity index is 617. The van der Waals surface area contributed by atoms with Crippen LogP contribution in [0.5, 0.6) is 11.5 Å². The Balaban J connectivity index is 2.24. The molecule has 0 amide bonds. The van der Waals surface area contributed by atoms with Crippen molar-refractivity contribution in [1.82, 2.24) is 0 Å². The van der Waals surface area contributed by atoms with Crippen LogP contribution in [-0.2, 0) is 11.9 Å². The summed E-state index contributed by atoms with van der Waals surface area (Å²) < 4.78 is 38.0. The molecule has 0 bridgehead atoms. The molecule has 0 heterocycles. The standard InChI is InChI=1S/C16H15BrF2O2/c1-2-20-15-5-3-4-11(9-17)16(15)21-10-12-8-13(18)6-7-14(12)19/h3-8H,2,9-10H2,1H3. The zero-order valence-electron chi connectivity index (χ0n) is 11.5.